The van der Waals surface area contributed by atoms with Crippen LogP contribution in [0.5, 0.6) is 0 Å². The van der Waals surface area contributed by atoms with Crippen LogP contribution in [0.3, 0.4) is 0 Å². The molecule has 2 N–H and O–H groups in total. The molecule has 19 heavy (non-hydrogen) atoms. The second kappa shape index (κ2) is 5.67. The first-order valence-electron chi connectivity index (χ1n) is 5.32. The second-order valence-electron chi connectivity index (χ2n) is 3.74. The molecule has 0 fully saturated rings. The van der Waals surface area contributed by atoms with Crippen molar-refractivity contribution < 1.29 is 23.9 Å². The zero-order chi connectivity index (χ0) is 13.9. The molecule has 2 atom stereocenters. The normalized spacial score (nSPS) is 15.6. The molecule has 0 amide bonds. The van der Waals surface area contributed by atoms with Crippen LogP contribution in [-0.2, 0) is 13.9 Å². The van der Waals surface area contributed by atoms with Gasteiger partial charge in [-0.15, -0.1) is 0 Å². The monoisotopic (exact) mass is 298 g/mol. The van der Waals surface area contributed by atoms with Crippen molar-refractivity contribution in [2.24, 2.45) is 0 Å². The van der Waals surface area contributed by atoms with Gasteiger partial charge in [0.25, 0.3) is 0 Å². The third kappa shape index (κ3) is 3.30. The predicted molar refractivity (Wildman–Crippen MR) is 71.7 cm³/mol. The summed E-state index contributed by atoms with van der Waals surface area (Å²) in [5, 5.41) is 12.3. The summed E-state index contributed by atoms with van der Waals surface area (Å²) in [5.74, 6) is -1.31. The maximum Gasteiger partial charge on any atom is 0.360 e. The van der Waals surface area contributed by atoms with Crippen molar-refractivity contribution in [3.8, 4) is 0 Å². The van der Waals surface area contributed by atoms with E-state index >= 15 is 0 Å². The minimum atomic E-state index is -4.14. The van der Waals surface area contributed by atoms with Gasteiger partial charge in [0.05, 0.1) is 5.30 Å². The molecule has 0 aliphatic heterocycles. The quantitative estimate of drug-likeness (QED) is 0.828. The zero-order valence-corrected chi connectivity index (χ0v) is 11.4. The summed E-state index contributed by atoms with van der Waals surface area (Å²) in [4.78, 5) is 21.0. The molecule has 0 aliphatic carbocycles. The zero-order valence-electron chi connectivity index (χ0n) is 9.67. The maximum atomic E-state index is 12.0. The van der Waals surface area contributed by atoms with E-state index < -0.39 is 19.7 Å². The number of aliphatic carboxylic acids is 1. The molecule has 100 valence electrons. The molecule has 0 saturated carbocycles. The van der Waals surface area contributed by atoms with E-state index in [1.165, 1.54) is 34.9 Å². The average molecular weight is 298 g/mol. The molecule has 0 saturated heterocycles. The van der Waals surface area contributed by atoms with Crippen molar-refractivity contribution in [2.45, 2.75) is 6.10 Å². The summed E-state index contributed by atoms with van der Waals surface area (Å²) in [7, 11) is -4.14. The highest BCUT2D eigenvalue weighted by Gasteiger charge is 2.32. The van der Waals surface area contributed by atoms with Crippen LogP contribution in [-0.4, -0.2) is 16.0 Å². The van der Waals surface area contributed by atoms with Gasteiger partial charge in [-0.25, -0.2) is 4.79 Å². The molecule has 1 aromatic heterocycles. The first-order valence-corrected chi connectivity index (χ1v) is 7.84. The number of hydrogen-bond acceptors (Lipinski definition) is 4. The lowest BCUT2D eigenvalue weighted by atomic mass is 10.1. The SMILES string of the molecule is O=C(O)C(OP(=O)(O)c1ccsc1)c1ccccc1. The molecule has 1 heterocycles. The Morgan fingerprint density at radius 1 is 1.26 bits per heavy atom. The first kappa shape index (κ1) is 14.0. The van der Waals surface area contributed by atoms with Crippen molar-refractivity contribution in [3.63, 3.8) is 0 Å². The minimum absolute atomic E-state index is 0.0969. The van der Waals surface area contributed by atoms with Crippen LogP contribution < -0.4 is 5.30 Å². The Balaban J connectivity index is 2.28. The molecule has 0 aliphatic rings. The van der Waals surface area contributed by atoms with E-state index in [0.717, 1.165) is 0 Å². The highest BCUT2D eigenvalue weighted by Crippen LogP contribution is 2.46. The number of carbonyl (C=O) groups is 1. The standard InChI is InChI=1S/C12H11O5PS/c13-12(14)11(9-4-2-1-3-5-9)17-18(15,16)10-6-7-19-8-10/h1-8,11H,(H,13,14)(H,15,16). The molecule has 7 heteroatoms. The van der Waals surface area contributed by atoms with E-state index in [2.05, 4.69) is 0 Å². The van der Waals surface area contributed by atoms with Crippen LogP contribution >= 0.6 is 18.9 Å². The maximum absolute atomic E-state index is 12.0. The van der Waals surface area contributed by atoms with Crippen LogP contribution in [0.25, 0.3) is 0 Å². The van der Waals surface area contributed by atoms with Gasteiger partial charge in [-0.05, 0) is 17.0 Å². The van der Waals surface area contributed by atoms with Crippen LogP contribution in [0.4, 0.5) is 0 Å². The van der Waals surface area contributed by atoms with Gasteiger partial charge in [-0.2, -0.15) is 11.3 Å². The number of carboxylic acid groups (broad SMARTS) is 1. The average Bonchev–Trinajstić information content (AvgIpc) is 2.91. The van der Waals surface area contributed by atoms with E-state index in [0.29, 0.717) is 5.56 Å². The summed E-state index contributed by atoms with van der Waals surface area (Å²) in [5.41, 5.74) is 0.319. The van der Waals surface area contributed by atoms with Gasteiger partial charge in [0.2, 0.25) is 0 Å². The Morgan fingerprint density at radius 2 is 1.95 bits per heavy atom. The summed E-state index contributed by atoms with van der Waals surface area (Å²) in [6.45, 7) is 0. The van der Waals surface area contributed by atoms with E-state index in [4.69, 9.17) is 9.63 Å². The predicted octanol–water partition coefficient (Wildman–Crippen LogP) is 2.40. The fraction of sp³-hybridized carbons (Fsp3) is 0.0833. The summed E-state index contributed by atoms with van der Waals surface area (Å²) < 4.78 is 17.0. The lowest BCUT2D eigenvalue weighted by Gasteiger charge is -2.17. The van der Waals surface area contributed by atoms with Gasteiger partial charge in [0, 0.05) is 5.38 Å². The highest BCUT2D eigenvalue weighted by molar-refractivity contribution is 7.61. The third-order valence-electron chi connectivity index (χ3n) is 2.41. The smallest absolute Gasteiger partial charge is 0.360 e. The molecule has 2 unspecified atom stereocenters. The number of hydrogen-bond donors (Lipinski definition) is 2. The van der Waals surface area contributed by atoms with Crippen molar-refractivity contribution >= 4 is 30.2 Å². The minimum Gasteiger partial charge on any atom is -0.479 e. The molecule has 0 bridgehead atoms. The Bertz CT molecular complexity index is 596. The van der Waals surface area contributed by atoms with Crippen LogP contribution in [0, 0.1) is 0 Å². The van der Waals surface area contributed by atoms with E-state index in [1.807, 2.05) is 0 Å². The van der Waals surface area contributed by atoms with E-state index in [9.17, 15) is 14.3 Å². The molecule has 0 radical (unpaired) electrons. The Hall–Kier alpha value is -1.46. The fourth-order valence-electron chi connectivity index (χ4n) is 1.50. The Kier molecular flexibility index (Phi) is 4.17. The largest absolute Gasteiger partial charge is 0.479 e. The first-order chi connectivity index (χ1) is 9.00. The van der Waals surface area contributed by atoms with Gasteiger partial charge in [-0.3, -0.25) is 9.09 Å². The Morgan fingerprint density at radius 3 is 2.47 bits per heavy atom. The summed E-state index contributed by atoms with van der Waals surface area (Å²) in [6, 6.07) is 9.51. The van der Waals surface area contributed by atoms with Crippen molar-refractivity contribution in [3.05, 3.63) is 52.7 Å². The molecule has 5 nitrogen and oxygen atoms in total. The third-order valence-corrected chi connectivity index (χ3v) is 4.69. The van der Waals surface area contributed by atoms with Gasteiger partial charge in [0.1, 0.15) is 0 Å². The van der Waals surface area contributed by atoms with Crippen LogP contribution in [0.2, 0.25) is 0 Å². The van der Waals surface area contributed by atoms with E-state index in [1.54, 1.807) is 23.6 Å². The van der Waals surface area contributed by atoms with Gasteiger partial charge < -0.3 is 10.00 Å². The molecule has 1 aromatic carbocycles. The van der Waals surface area contributed by atoms with Gasteiger partial charge >= 0.3 is 13.6 Å². The number of benzene rings is 1. The van der Waals surface area contributed by atoms with Crippen LogP contribution in [0.1, 0.15) is 11.7 Å². The van der Waals surface area contributed by atoms with Crippen molar-refractivity contribution in [2.75, 3.05) is 0 Å². The number of carboxylic acids is 1. The Labute approximate surface area is 113 Å². The van der Waals surface area contributed by atoms with Gasteiger partial charge in [0.15, 0.2) is 6.10 Å². The fourth-order valence-corrected chi connectivity index (χ4v) is 3.72. The topological polar surface area (TPSA) is 83.8 Å². The van der Waals surface area contributed by atoms with Crippen LogP contribution in [0.15, 0.2) is 47.2 Å². The summed E-state index contributed by atoms with van der Waals surface area (Å²) >= 11 is 1.24. The summed E-state index contributed by atoms with van der Waals surface area (Å²) in [6.07, 6.45) is -1.48. The molecular weight excluding hydrogens is 287 g/mol. The van der Waals surface area contributed by atoms with Crippen molar-refractivity contribution in [1.82, 2.24) is 0 Å². The highest BCUT2D eigenvalue weighted by atomic mass is 32.1. The lowest BCUT2D eigenvalue weighted by molar-refractivity contribution is -0.145. The lowest BCUT2D eigenvalue weighted by Crippen LogP contribution is -2.17. The second-order valence-corrected chi connectivity index (χ2v) is 6.28. The molecule has 0 spiro atoms. The van der Waals surface area contributed by atoms with Gasteiger partial charge in [-0.1, -0.05) is 30.3 Å². The molecule has 2 aromatic rings. The number of thiophene rings is 1. The van der Waals surface area contributed by atoms with Crippen molar-refractivity contribution in [1.29, 1.82) is 0 Å². The molecular formula is C12H11O5PS. The molecule has 2 rings (SSSR count). The van der Waals surface area contributed by atoms with E-state index in [-0.39, 0.29) is 5.30 Å². The number of rotatable bonds is 5.